The second-order valence-electron chi connectivity index (χ2n) is 12.1. The lowest BCUT2D eigenvalue weighted by molar-refractivity contribution is -0.145. The first-order valence-electron chi connectivity index (χ1n) is 14.9. The fourth-order valence-electron chi connectivity index (χ4n) is 6.00. The molecule has 1 aliphatic carbocycles. The van der Waals surface area contributed by atoms with Gasteiger partial charge in [-0.15, -0.1) is 0 Å². The van der Waals surface area contributed by atoms with Gasteiger partial charge in [0.15, 0.2) is 0 Å². The number of carbonyl (C=O) groups excluding carboxylic acids is 2. The summed E-state index contributed by atoms with van der Waals surface area (Å²) in [4.78, 5) is 28.8. The maximum absolute atomic E-state index is 15.3. The predicted octanol–water partition coefficient (Wildman–Crippen LogP) is 5.68. The van der Waals surface area contributed by atoms with Crippen LogP contribution in [0.25, 0.3) is 0 Å². The van der Waals surface area contributed by atoms with Crippen LogP contribution in [0.4, 0.5) is 18.9 Å². The third kappa shape index (κ3) is 7.02. The van der Waals surface area contributed by atoms with E-state index in [-0.39, 0.29) is 42.2 Å². The van der Waals surface area contributed by atoms with Crippen LogP contribution in [0, 0.1) is 17.6 Å². The third-order valence-corrected chi connectivity index (χ3v) is 8.42. The number of esters is 1. The zero-order valence-corrected chi connectivity index (χ0v) is 24.5. The SMILES string of the molecule is COC(=O)[C@@H]1C[C@@H](F)CN1C(=O)c1cc(C2CC2)c(OCC2CCN(Cc3cc(F)ccc3NC(C)C)CC2)cc1F. The van der Waals surface area contributed by atoms with Gasteiger partial charge in [-0.1, -0.05) is 0 Å². The molecule has 7 nitrogen and oxygen atoms in total. The van der Waals surface area contributed by atoms with E-state index in [9.17, 15) is 18.4 Å². The van der Waals surface area contributed by atoms with E-state index in [2.05, 4.69) is 24.1 Å². The van der Waals surface area contributed by atoms with Crippen molar-refractivity contribution in [1.82, 2.24) is 9.80 Å². The van der Waals surface area contributed by atoms with Crippen LogP contribution in [-0.2, 0) is 16.1 Å². The Bertz CT molecular complexity index is 1290. The fourth-order valence-corrected chi connectivity index (χ4v) is 6.00. The number of methoxy groups -OCH3 is 1. The highest BCUT2D eigenvalue weighted by molar-refractivity contribution is 5.98. The van der Waals surface area contributed by atoms with Gasteiger partial charge in [0, 0.05) is 30.8 Å². The van der Waals surface area contributed by atoms with Crippen LogP contribution in [0.5, 0.6) is 5.75 Å². The van der Waals surface area contributed by atoms with Gasteiger partial charge in [-0.05, 0) is 99.8 Å². The minimum absolute atomic E-state index is 0.159. The lowest BCUT2D eigenvalue weighted by Gasteiger charge is -2.32. The molecule has 10 heteroatoms. The summed E-state index contributed by atoms with van der Waals surface area (Å²) in [6, 6.07) is 6.83. The summed E-state index contributed by atoms with van der Waals surface area (Å²) in [7, 11) is 1.18. The molecule has 0 unspecified atom stereocenters. The predicted molar refractivity (Wildman–Crippen MR) is 153 cm³/mol. The molecule has 0 radical (unpaired) electrons. The largest absolute Gasteiger partial charge is 0.493 e. The van der Waals surface area contributed by atoms with Crippen molar-refractivity contribution >= 4 is 17.6 Å². The number of ether oxygens (including phenoxy) is 2. The van der Waals surface area contributed by atoms with Crippen LogP contribution in [0.3, 0.4) is 0 Å². The Kier molecular flexibility index (Phi) is 9.30. The van der Waals surface area contributed by atoms with E-state index in [1.807, 2.05) is 0 Å². The Hall–Kier alpha value is -3.27. The Morgan fingerprint density at radius 2 is 1.81 bits per heavy atom. The number of anilines is 1. The number of halogens is 3. The summed E-state index contributed by atoms with van der Waals surface area (Å²) in [6.07, 6.45) is 2.10. The first kappa shape index (κ1) is 30.2. The van der Waals surface area contributed by atoms with Crippen molar-refractivity contribution in [2.24, 2.45) is 5.92 Å². The molecule has 2 heterocycles. The van der Waals surface area contributed by atoms with Crippen LogP contribution >= 0.6 is 0 Å². The van der Waals surface area contributed by atoms with Gasteiger partial charge in [0.25, 0.3) is 5.91 Å². The van der Waals surface area contributed by atoms with Crippen molar-refractivity contribution in [2.75, 3.05) is 38.7 Å². The van der Waals surface area contributed by atoms with Gasteiger partial charge in [-0.3, -0.25) is 9.69 Å². The Balaban J connectivity index is 1.21. The lowest BCUT2D eigenvalue weighted by atomic mass is 9.97. The molecule has 3 fully saturated rings. The topological polar surface area (TPSA) is 71.1 Å². The van der Waals surface area contributed by atoms with E-state index in [1.165, 1.54) is 25.3 Å². The molecule has 228 valence electrons. The number of nitrogens with one attached hydrogen (secondary N) is 1. The van der Waals surface area contributed by atoms with Gasteiger partial charge >= 0.3 is 5.97 Å². The molecule has 0 aromatic heterocycles. The van der Waals surface area contributed by atoms with Gasteiger partial charge in [0.1, 0.15) is 29.6 Å². The molecule has 1 amide bonds. The molecular formula is C32H40F3N3O4. The molecule has 1 saturated carbocycles. The average Bonchev–Trinajstić information content (AvgIpc) is 3.73. The molecule has 2 atom stereocenters. The van der Waals surface area contributed by atoms with Crippen LogP contribution in [0.2, 0.25) is 0 Å². The fraction of sp³-hybridized carbons (Fsp3) is 0.562. The van der Waals surface area contributed by atoms with Gasteiger partial charge in [0.2, 0.25) is 0 Å². The molecule has 3 aliphatic rings. The Morgan fingerprint density at radius 1 is 1.07 bits per heavy atom. The molecule has 1 N–H and O–H groups in total. The molecule has 0 bridgehead atoms. The number of rotatable bonds is 10. The van der Waals surface area contributed by atoms with Crippen LogP contribution in [0.1, 0.15) is 73.4 Å². The quantitative estimate of drug-likeness (QED) is 0.361. The number of likely N-dealkylation sites (tertiary alicyclic amines) is 2. The van der Waals surface area contributed by atoms with Crippen molar-refractivity contribution in [3.63, 3.8) is 0 Å². The first-order valence-corrected chi connectivity index (χ1v) is 14.9. The molecule has 5 rings (SSSR count). The second-order valence-corrected chi connectivity index (χ2v) is 12.1. The minimum Gasteiger partial charge on any atom is -0.493 e. The molecular weight excluding hydrogens is 547 g/mol. The summed E-state index contributed by atoms with van der Waals surface area (Å²) in [5.41, 5.74) is 2.48. The number of alkyl halides is 1. The zero-order chi connectivity index (χ0) is 30.0. The van der Waals surface area contributed by atoms with Crippen molar-refractivity contribution in [1.29, 1.82) is 0 Å². The van der Waals surface area contributed by atoms with E-state index in [4.69, 9.17) is 9.47 Å². The smallest absolute Gasteiger partial charge is 0.328 e. The van der Waals surface area contributed by atoms with E-state index in [0.29, 0.717) is 18.9 Å². The maximum atomic E-state index is 15.3. The highest BCUT2D eigenvalue weighted by Crippen LogP contribution is 2.45. The summed E-state index contributed by atoms with van der Waals surface area (Å²) < 4.78 is 54.3. The summed E-state index contributed by atoms with van der Waals surface area (Å²) in [6.45, 7) is 6.61. The monoisotopic (exact) mass is 587 g/mol. The van der Waals surface area contributed by atoms with Crippen molar-refractivity contribution in [3.8, 4) is 5.75 Å². The molecule has 2 aliphatic heterocycles. The number of hydrogen-bond donors (Lipinski definition) is 1. The van der Waals surface area contributed by atoms with Gasteiger partial charge in [-0.2, -0.15) is 0 Å². The van der Waals surface area contributed by atoms with E-state index >= 15 is 4.39 Å². The Labute approximate surface area is 245 Å². The lowest BCUT2D eigenvalue weighted by Crippen LogP contribution is -2.41. The minimum atomic E-state index is -1.37. The van der Waals surface area contributed by atoms with Gasteiger partial charge in [0.05, 0.1) is 25.8 Å². The molecule has 2 saturated heterocycles. The first-order chi connectivity index (χ1) is 20.1. The summed E-state index contributed by atoms with van der Waals surface area (Å²) in [5.74, 6) is -1.52. The van der Waals surface area contributed by atoms with Crippen molar-refractivity contribution in [2.45, 2.75) is 76.7 Å². The van der Waals surface area contributed by atoms with Crippen LogP contribution < -0.4 is 10.1 Å². The highest BCUT2D eigenvalue weighted by Gasteiger charge is 2.42. The zero-order valence-electron chi connectivity index (χ0n) is 24.5. The molecule has 2 aromatic rings. The molecule has 42 heavy (non-hydrogen) atoms. The van der Waals surface area contributed by atoms with Crippen molar-refractivity contribution < 1.29 is 32.2 Å². The number of amides is 1. The Morgan fingerprint density at radius 3 is 2.48 bits per heavy atom. The second kappa shape index (κ2) is 12.9. The van der Waals surface area contributed by atoms with Crippen molar-refractivity contribution in [3.05, 3.63) is 58.7 Å². The molecule has 2 aromatic carbocycles. The number of nitrogens with zero attached hydrogens (tertiary/aromatic N) is 2. The van der Waals surface area contributed by atoms with Gasteiger partial charge < -0.3 is 19.7 Å². The third-order valence-electron chi connectivity index (χ3n) is 8.42. The van der Waals surface area contributed by atoms with E-state index < -0.39 is 29.9 Å². The summed E-state index contributed by atoms with van der Waals surface area (Å²) in [5, 5.41) is 3.39. The van der Waals surface area contributed by atoms with Crippen LogP contribution in [-0.4, -0.2) is 73.3 Å². The normalized spacial score (nSPS) is 21.5. The maximum Gasteiger partial charge on any atom is 0.328 e. The van der Waals surface area contributed by atoms with E-state index in [1.54, 1.807) is 12.1 Å². The molecule has 0 spiro atoms. The number of carbonyl (C=O) groups is 2. The number of piperidine rings is 1. The summed E-state index contributed by atoms with van der Waals surface area (Å²) >= 11 is 0. The number of hydrogen-bond acceptors (Lipinski definition) is 6. The van der Waals surface area contributed by atoms with E-state index in [0.717, 1.165) is 60.5 Å². The van der Waals surface area contributed by atoms with Gasteiger partial charge in [-0.25, -0.2) is 18.0 Å². The standard InChI is InChI=1S/C32H40F3N3O4/c1-19(2)36-28-7-6-23(33)12-22(28)16-37-10-8-20(9-11-37)18-42-30-15-27(35)26(14-25(30)21-4-5-21)31(39)38-17-24(34)13-29(38)32(40)41-3/h6-7,12,14-15,19-21,24,29,36H,4-5,8-11,13,16-18H2,1-3H3/t24-,29+/m1/s1. The highest BCUT2D eigenvalue weighted by atomic mass is 19.1. The average molecular weight is 588 g/mol. The van der Waals surface area contributed by atoms with Crippen LogP contribution in [0.15, 0.2) is 30.3 Å². The number of benzene rings is 2.